The first-order valence-electron chi connectivity index (χ1n) is 10.7. The lowest BCUT2D eigenvalue weighted by Gasteiger charge is -2.05. The van der Waals surface area contributed by atoms with Gasteiger partial charge in [-0.15, -0.1) is 0 Å². The first kappa shape index (κ1) is 23.8. The van der Waals surface area contributed by atoms with E-state index in [9.17, 15) is 9.59 Å². The van der Waals surface area contributed by atoms with E-state index < -0.39 is 0 Å². The summed E-state index contributed by atoms with van der Waals surface area (Å²) in [7, 11) is 0. The number of unbranched alkanes of at least 4 members (excludes halogenated alkanes) is 10. The molecule has 6 heteroatoms. The van der Waals surface area contributed by atoms with Crippen LogP contribution in [0, 0.1) is 0 Å². The van der Waals surface area contributed by atoms with E-state index in [-0.39, 0.29) is 18.4 Å². The number of hydrogen-bond donors (Lipinski definition) is 2. The second kappa shape index (κ2) is 16.9. The molecule has 28 heavy (non-hydrogen) atoms. The van der Waals surface area contributed by atoms with Crippen LogP contribution in [-0.4, -0.2) is 29.6 Å². The predicted molar refractivity (Wildman–Crippen MR) is 114 cm³/mol. The lowest BCUT2D eigenvalue weighted by molar-refractivity contribution is -0.126. The van der Waals surface area contributed by atoms with Crippen LogP contribution < -0.4 is 10.7 Å². The fourth-order valence-electron chi connectivity index (χ4n) is 2.89. The number of hydrazone groups is 1. The average Bonchev–Trinajstić information content (AvgIpc) is 2.71. The van der Waals surface area contributed by atoms with E-state index in [1.165, 1.54) is 64.0 Å². The summed E-state index contributed by atoms with van der Waals surface area (Å²) in [5.74, 6) is -0.422. The molecule has 0 atom stereocenters. The zero-order valence-electron chi connectivity index (χ0n) is 17.3. The third-order valence-corrected chi connectivity index (χ3v) is 4.54. The zero-order valence-corrected chi connectivity index (χ0v) is 17.3. The molecular weight excluding hydrogens is 352 g/mol. The van der Waals surface area contributed by atoms with Gasteiger partial charge in [-0.2, -0.15) is 5.10 Å². The molecule has 1 heterocycles. The second-order valence-corrected chi connectivity index (χ2v) is 7.14. The van der Waals surface area contributed by atoms with Crippen LogP contribution >= 0.6 is 0 Å². The lowest BCUT2D eigenvalue weighted by Crippen LogP contribution is -2.34. The van der Waals surface area contributed by atoms with Gasteiger partial charge in [0.2, 0.25) is 5.91 Å². The molecule has 0 aliphatic carbocycles. The van der Waals surface area contributed by atoms with Gasteiger partial charge in [0, 0.05) is 24.4 Å². The Labute approximate surface area is 169 Å². The second-order valence-electron chi connectivity index (χ2n) is 7.14. The maximum Gasteiger partial charge on any atom is 0.259 e. The summed E-state index contributed by atoms with van der Waals surface area (Å²) in [4.78, 5) is 27.4. The van der Waals surface area contributed by atoms with Crippen molar-refractivity contribution in [3.63, 3.8) is 0 Å². The number of carbonyl (C=O) groups excluding carboxylic acids is 2. The molecule has 0 bridgehead atoms. The van der Waals surface area contributed by atoms with Crippen molar-refractivity contribution >= 4 is 18.0 Å². The Morgan fingerprint density at radius 1 is 0.964 bits per heavy atom. The zero-order chi connectivity index (χ0) is 20.3. The third kappa shape index (κ3) is 13.9. The first-order valence-corrected chi connectivity index (χ1v) is 10.7. The minimum atomic E-state index is -0.340. The highest BCUT2D eigenvalue weighted by molar-refractivity contribution is 5.86. The molecule has 2 N–H and O–H groups in total. The Bertz CT molecular complexity index is 561. The molecule has 0 radical (unpaired) electrons. The quantitative estimate of drug-likeness (QED) is 0.251. The molecule has 156 valence electrons. The summed E-state index contributed by atoms with van der Waals surface area (Å²) in [6, 6.07) is 3.62. The van der Waals surface area contributed by atoms with Gasteiger partial charge < -0.3 is 5.32 Å². The Morgan fingerprint density at radius 3 is 2.21 bits per heavy atom. The number of nitrogens with zero attached hydrogens (tertiary/aromatic N) is 2. The van der Waals surface area contributed by atoms with Gasteiger partial charge in [0.05, 0.1) is 12.8 Å². The fourth-order valence-corrected chi connectivity index (χ4v) is 2.89. The lowest BCUT2D eigenvalue weighted by atomic mass is 10.1. The first-order chi connectivity index (χ1) is 13.7. The molecule has 0 aliphatic rings. The van der Waals surface area contributed by atoms with Crippen LogP contribution in [0.5, 0.6) is 0 Å². The van der Waals surface area contributed by atoms with Crippen LogP contribution in [-0.2, 0) is 9.59 Å². The van der Waals surface area contributed by atoms with Crippen molar-refractivity contribution in [2.45, 2.75) is 84.0 Å². The van der Waals surface area contributed by atoms with Crippen molar-refractivity contribution < 1.29 is 9.59 Å². The van der Waals surface area contributed by atoms with Gasteiger partial charge in [-0.1, -0.05) is 77.2 Å². The van der Waals surface area contributed by atoms with Gasteiger partial charge in [-0.05, 0) is 12.5 Å². The van der Waals surface area contributed by atoms with Crippen molar-refractivity contribution in [2.75, 3.05) is 6.54 Å². The van der Waals surface area contributed by atoms with Gasteiger partial charge in [0.25, 0.3) is 5.91 Å². The van der Waals surface area contributed by atoms with Crippen molar-refractivity contribution in [3.8, 4) is 0 Å². The van der Waals surface area contributed by atoms with Crippen molar-refractivity contribution in [1.29, 1.82) is 0 Å². The number of pyridine rings is 1. The van der Waals surface area contributed by atoms with Gasteiger partial charge in [0.1, 0.15) is 0 Å². The number of nitrogens with one attached hydrogen (secondary N) is 2. The van der Waals surface area contributed by atoms with Gasteiger partial charge in [-0.3, -0.25) is 14.6 Å². The maximum atomic E-state index is 11.8. The SMILES string of the molecule is CCCCCCCCCCCCCC(=O)NCC(=O)N/N=C/c1cccnc1. The van der Waals surface area contributed by atoms with Crippen LogP contribution in [0.4, 0.5) is 0 Å². The van der Waals surface area contributed by atoms with Crippen LogP contribution in [0.2, 0.25) is 0 Å². The Balaban J connectivity index is 1.92. The molecule has 0 saturated heterocycles. The van der Waals surface area contributed by atoms with Crippen LogP contribution in [0.15, 0.2) is 29.6 Å². The fraction of sp³-hybridized carbons (Fsp3) is 0.636. The van der Waals surface area contributed by atoms with Crippen LogP contribution in [0.25, 0.3) is 0 Å². The normalized spacial score (nSPS) is 10.9. The molecule has 0 saturated carbocycles. The van der Waals surface area contributed by atoms with E-state index >= 15 is 0 Å². The van der Waals surface area contributed by atoms with E-state index in [2.05, 4.69) is 27.8 Å². The number of hydrogen-bond acceptors (Lipinski definition) is 4. The summed E-state index contributed by atoms with van der Waals surface area (Å²) in [5, 5.41) is 6.46. The molecular formula is C22H36N4O2. The summed E-state index contributed by atoms with van der Waals surface area (Å²) in [5.41, 5.74) is 3.18. The van der Waals surface area contributed by atoms with Crippen molar-refractivity contribution in [3.05, 3.63) is 30.1 Å². The third-order valence-electron chi connectivity index (χ3n) is 4.54. The van der Waals surface area contributed by atoms with Crippen molar-refractivity contribution in [2.24, 2.45) is 5.10 Å². The topological polar surface area (TPSA) is 83.5 Å². The molecule has 1 rings (SSSR count). The molecule has 0 spiro atoms. The van der Waals surface area contributed by atoms with Gasteiger partial charge in [0.15, 0.2) is 0 Å². The standard InChI is InChI=1S/C22H36N4O2/c1-2-3-4-5-6-7-8-9-10-11-12-15-21(27)24-19-22(28)26-25-18-20-14-13-16-23-17-20/h13-14,16-18H,2-12,15,19H2,1H3,(H,24,27)(H,26,28)/b25-18+. The predicted octanol–water partition coefficient (Wildman–Crippen LogP) is 4.35. The number of amides is 2. The van der Waals surface area contributed by atoms with E-state index in [0.29, 0.717) is 6.42 Å². The van der Waals surface area contributed by atoms with Crippen molar-refractivity contribution in [1.82, 2.24) is 15.7 Å². The molecule has 0 aliphatic heterocycles. The summed E-state index contributed by atoms with van der Waals surface area (Å²) in [6.07, 6.45) is 19.1. The summed E-state index contributed by atoms with van der Waals surface area (Å²) < 4.78 is 0. The number of carbonyl (C=O) groups is 2. The Morgan fingerprint density at radius 2 is 1.61 bits per heavy atom. The maximum absolute atomic E-state index is 11.8. The number of aromatic nitrogens is 1. The van der Waals surface area contributed by atoms with E-state index in [1.807, 2.05) is 6.07 Å². The molecule has 1 aromatic rings. The highest BCUT2D eigenvalue weighted by Crippen LogP contribution is 2.11. The van der Waals surface area contributed by atoms with Gasteiger partial charge in [-0.25, -0.2) is 5.43 Å². The minimum Gasteiger partial charge on any atom is -0.347 e. The minimum absolute atomic E-state index is 0.0543. The Kier molecular flexibility index (Phi) is 14.4. The van der Waals surface area contributed by atoms with E-state index in [1.54, 1.807) is 18.5 Å². The average molecular weight is 389 g/mol. The molecule has 2 amide bonds. The highest BCUT2D eigenvalue weighted by atomic mass is 16.2. The smallest absolute Gasteiger partial charge is 0.259 e. The molecule has 6 nitrogen and oxygen atoms in total. The molecule has 0 unspecified atom stereocenters. The largest absolute Gasteiger partial charge is 0.347 e. The van der Waals surface area contributed by atoms with E-state index in [0.717, 1.165) is 18.4 Å². The van der Waals surface area contributed by atoms with Gasteiger partial charge >= 0.3 is 0 Å². The Hall–Kier alpha value is -2.24. The van der Waals surface area contributed by atoms with Crippen LogP contribution in [0.3, 0.4) is 0 Å². The summed E-state index contributed by atoms with van der Waals surface area (Å²) >= 11 is 0. The van der Waals surface area contributed by atoms with E-state index in [4.69, 9.17) is 0 Å². The monoisotopic (exact) mass is 388 g/mol. The molecule has 1 aromatic heterocycles. The number of rotatable bonds is 16. The van der Waals surface area contributed by atoms with Crippen LogP contribution in [0.1, 0.15) is 89.5 Å². The highest BCUT2D eigenvalue weighted by Gasteiger charge is 2.04. The molecule has 0 aromatic carbocycles. The molecule has 0 fully saturated rings. The summed E-state index contributed by atoms with van der Waals surface area (Å²) in [6.45, 7) is 2.19.